The molecule has 4 heteroatoms. The molecule has 1 aromatic rings. The highest BCUT2D eigenvalue weighted by atomic mass is 16.1. The molecule has 2 aliphatic heterocycles. The monoisotopic (exact) mass is 287 g/mol. The number of carbonyl (C=O) groups excluding carboxylic acids is 1. The Hall–Kier alpha value is -1.39. The maximum absolute atomic E-state index is 11.1. The van der Waals surface area contributed by atoms with Crippen molar-refractivity contribution in [1.29, 1.82) is 0 Å². The Bertz CT molecular complexity index is 479. The van der Waals surface area contributed by atoms with Crippen LogP contribution in [0.4, 0.5) is 0 Å². The number of nitrogens with one attached hydrogen (secondary N) is 1. The molecule has 0 saturated carbocycles. The molecule has 114 valence electrons. The molecule has 4 nitrogen and oxygen atoms in total. The minimum absolute atomic E-state index is 0.355. The zero-order valence-corrected chi connectivity index (χ0v) is 12.6. The van der Waals surface area contributed by atoms with E-state index in [0.717, 1.165) is 18.5 Å². The first-order valence-electron chi connectivity index (χ1n) is 8.07. The van der Waals surface area contributed by atoms with E-state index in [1.165, 1.54) is 50.9 Å². The van der Waals surface area contributed by atoms with Crippen LogP contribution in [-0.2, 0) is 6.54 Å². The lowest BCUT2D eigenvalue weighted by molar-refractivity contribution is 0.1000. The minimum Gasteiger partial charge on any atom is -0.366 e. The molecule has 0 radical (unpaired) electrons. The molecule has 0 bridgehead atoms. The van der Waals surface area contributed by atoms with Crippen molar-refractivity contribution in [2.24, 2.45) is 11.7 Å². The van der Waals surface area contributed by atoms with E-state index in [-0.39, 0.29) is 5.91 Å². The van der Waals surface area contributed by atoms with Gasteiger partial charge in [-0.15, -0.1) is 0 Å². The summed E-state index contributed by atoms with van der Waals surface area (Å²) in [5, 5.41) is 3.65. The third-order valence-corrected chi connectivity index (χ3v) is 4.85. The lowest BCUT2D eigenvalue weighted by atomic mass is 9.89. The molecule has 2 unspecified atom stereocenters. The van der Waals surface area contributed by atoms with Crippen LogP contribution in [-0.4, -0.2) is 36.5 Å². The molecule has 3 N–H and O–H groups in total. The lowest BCUT2D eigenvalue weighted by Crippen LogP contribution is -2.43. The Kier molecular flexibility index (Phi) is 4.56. The number of carbonyl (C=O) groups is 1. The predicted molar refractivity (Wildman–Crippen MR) is 84.0 cm³/mol. The molecule has 2 atom stereocenters. The Balaban J connectivity index is 1.57. The molecule has 2 heterocycles. The van der Waals surface area contributed by atoms with Gasteiger partial charge in [0.25, 0.3) is 0 Å². The second-order valence-corrected chi connectivity index (χ2v) is 6.40. The highest BCUT2D eigenvalue weighted by Gasteiger charge is 2.28. The van der Waals surface area contributed by atoms with Crippen LogP contribution in [0.25, 0.3) is 0 Å². The molecule has 3 rings (SSSR count). The van der Waals surface area contributed by atoms with Crippen LogP contribution in [0.1, 0.15) is 41.6 Å². The van der Waals surface area contributed by atoms with E-state index >= 15 is 0 Å². The largest absolute Gasteiger partial charge is 0.366 e. The van der Waals surface area contributed by atoms with E-state index in [4.69, 9.17) is 5.73 Å². The van der Waals surface area contributed by atoms with Crippen molar-refractivity contribution in [1.82, 2.24) is 10.2 Å². The second kappa shape index (κ2) is 6.58. The zero-order valence-electron chi connectivity index (χ0n) is 12.6. The molecule has 2 fully saturated rings. The quantitative estimate of drug-likeness (QED) is 0.887. The SMILES string of the molecule is NC(=O)c1ccc(CN2CCCC(C3CCCN3)C2)cc1. The van der Waals surface area contributed by atoms with Gasteiger partial charge in [0.2, 0.25) is 5.91 Å². The normalized spacial score (nSPS) is 26.9. The molecule has 0 spiro atoms. The van der Waals surface area contributed by atoms with Gasteiger partial charge < -0.3 is 11.1 Å². The molecule has 2 saturated heterocycles. The number of rotatable bonds is 4. The van der Waals surface area contributed by atoms with Crippen LogP contribution >= 0.6 is 0 Å². The summed E-state index contributed by atoms with van der Waals surface area (Å²) in [6.45, 7) is 4.54. The number of nitrogens with zero attached hydrogens (tertiary/aromatic N) is 1. The number of amides is 1. The molecular weight excluding hydrogens is 262 g/mol. The molecule has 1 amide bonds. The summed E-state index contributed by atoms with van der Waals surface area (Å²) in [7, 11) is 0. The molecule has 1 aromatic carbocycles. The van der Waals surface area contributed by atoms with Gasteiger partial charge in [-0.2, -0.15) is 0 Å². The third kappa shape index (κ3) is 3.63. The van der Waals surface area contributed by atoms with Gasteiger partial charge in [-0.05, 0) is 62.4 Å². The van der Waals surface area contributed by atoms with Crippen LogP contribution in [0, 0.1) is 5.92 Å². The fraction of sp³-hybridized carbons (Fsp3) is 0.588. The van der Waals surface area contributed by atoms with Crippen molar-refractivity contribution in [3.63, 3.8) is 0 Å². The van der Waals surface area contributed by atoms with Crippen molar-refractivity contribution in [3.05, 3.63) is 35.4 Å². The second-order valence-electron chi connectivity index (χ2n) is 6.40. The number of hydrogen-bond acceptors (Lipinski definition) is 3. The summed E-state index contributed by atoms with van der Waals surface area (Å²) in [4.78, 5) is 13.6. The number of piperidine rings is 1. The molecule has 0 aromatic heterocycles. The Morgan fingerprint density at radius 3 is 2.71 bits per heavy atom. The summed E-state index contributed by atoms with van der Waals surface area (Å²) in [6.07, 6.45) is 5.32. The van der Waals surface area contributed by atoms with Crippen molar-refractivity contribution in [3.8, 4) is 0 Å². The van der Waals surface area contributed by atoms with Crippen molar-refractivity contribution in [2.75, 3.05) is 19.6 Å². The van der Waals surface area contributed by atoms with Crippen LogP contribution < -0.4 is 11.1 Å². The highest BCUT2D eigenvalue weighted by Crippen LogP contribution is 2.25. The summed E-state index contributed by atoms with van der Waals surface area (Å²) < 4.78 is 0. The zero-order chi connectivity index (χ0) is 14.7. The molecule has 21 heavy (non-hydrogen) atoms. The number of benzene rings is 1. The van der Waals surface area contributed by atoms with Gasteiger partial charge >= 0.3 is 0 Å². The fourth-order valence-electron chi connectivity index (χ4n) is 3.71. The van der Waals surface area contributed by atoms with Gasteiger partial charge in [0.15, 0.2) is 0 Å². The predicted octanol–water partition coefficient (Wildman–Crippen LogP) is 1.75. The summed E-state index contributed by atoms with van der Waals surface area (Å²) in [5.41, 5.74) is 7.13. The molecule has 0 aliphatic carbocycles. The maximum Gasteiger partial charge on any atom is 0.248 e. The minimum atomic E-state index is -0.355. The van der Waals surface area contributed by atoms with Crippen LogP contribution in [0.2, 0.25) is 0 Å². The first kappa shape index (κ1) is 14.5. The molecule has 2 aliphatic rings. The van der Waals surface area contributed by atoms with Crippen molar-refractivity contribution < 1.29 is 4.79 Å². The van der Waals surface area contributed by atoms with E-state index < -0.39 is 0 Å². The van der Waals surface area contributed by atoms with Crippen molar-refractivity contribution in [2.45, 2.75) is 38.3 Å². The average molecular weight is 287 g/mol. The number of likely N-dealkylation sites (tertiary alicyclic amines) is 1. The van der Waals surface area contributed by atoms with Crippen LogP contribution in [0.5, 0.6) is 0 Å². The Morgan fingerprint density at radius 1 is 1.24 bits per heavy atom. The van der Waals surface area contributed by atoms with E-state index in [9.17, 15) is 4.79 Å². The lowest BCUT2D eigenvalue weighted by Gasteiger charge is -2.35. The van der Waals surface area contributed by atoms with Gasteiger partial charge in [-0.3, -0.25) is 9.69 Å². The number of nitrogens with two attached hydrogens (primary N) is 1. The van der Waals surface area contributed by atoms with Gasteiger partial charge in [0.05, 0.1) is 0 Å². The van der Waals surface area contributed by atoms with Gasteiger partial charge in [-0.25, -0.2) is 0 Å². The van der Waals surface area contributed by atoms with Crippen LogP contribution in [0.15, 0.2) is 24.3 Å². The van der Waals surface area contributed by atoms with Gasteiger partial charge in [0.1, 0.15) is 0 Å². The van der Waals surface area contributed by atoms with E-state index in [1.807, 2.05) is 24.3 Å². The average Bonchev–Trinajstić information content (AvgIpc) is 3.02. The summed E-state index contributed by atoms with van der Waals surface area (Å²) >= 11 is 0. The number of hydrogen-bond donors (Lipinski definition) is 2. The van der Waals surface area contributed by atoms with Crippen LogP contribution in [0.3, 0.4) is 0 Å². The first-order valence-corrected chi connectivity index (χ1v) is 8.07. The summed E-state index contributed by atoms with van der Waals surface area (Å²) in [5.74, 6) is 0.443. The summed E-state index contributed by atoms with van der Waals surface area (Å²) in [6, 6.07) is 8.44. The Labute approximate surface area is 126 Å². The standard InChI is InChI=1S/C17H25N3O/c18-17(21)14-7-5-13(6-8-14)11-20-10-2-3-15(12-20)16-4-1-9-19-16/h5-8,15-16,19H,1-4,9-12H2,(H2,18,21). The maximum atomic E-state index is 11.1. The smallest absolute Gasteiger partial charge is 0.248 e. The van der Waals surface area contributed by atoms with Crippen molar-refractivity contribution >= 4 is 5.91 Å². The number of primary amides is 1. The van der Waals surface area contributed by atoms with E-state index in [2.05, 4.69) is 10.2 Å². The van der Waals surface area contributed by atoms with Gasteiger partial charge in [0, 0.05) is 24.7 Å². The first-order chi connectivity index (χ1) is 10.2. The highest BCUT2D eigenvalue weighted by molar-refractivity contribution is 5.92. The van der Waals surface area contributed by atoms with E-state index in [0.29, 0.717) is 5.56 Å². The topological polar surface area (TPSA) is 58.4 Å². The fourth-order valence-corrected chi connectivity index (χ4v) is 3.71. The Morgan fingerprint density at radius 2 is 2.05 bits per heavy atom. The third-order valence-electron chi connectivity index (χ3n) is 4.85. The van der Waals surface area contributed by atoms with E-state index in [1.54, 1.807) is 0 Å². The molecular formula is C17H25N3O. The van der Waals surface area contributed by atoms with Gasteiger partial charge in [-0.1, -0.05) is 12.1 Å².